The van der Waals surface area contributed by atoms with Crippen molar-refractivity contribution >= 4 is 58.1 Å². The van der Waals surface area contributed by atoms with Gasteiger partial charge in [-0.2, -0.15) is 0 Å². The number of aryl methyl sites for hydroxylation is 1. The van der Waals surface area contributed by atoms with Crippen LogP contribution >= 0.6 is 0 Å². The average molecular weight is 674 g/mol. The lowest BCUT2D eigenvalue weighted by molar-refractivity contribution is -0.141. The lowest BCUT2D eigenvalue weighted by Crippen LogP contribution is -2.60. The topological polar surface area (TPSA) is 250 Å². The van der Waals surface area contributed by atoms with Gasteiger partial charge in [0.15, 0.2) is 0 Å². The molecule has 1 aromatic carbocycles. The molecule has 2 rings (SSSR count). The summed E-state index contributed by atoms with van der Waals surface area (Å²) in [5, 5.41) is 31.7. The van der Waals surface area contributed by atoms with E-state index in [0.29, 0.717) is 17.4 Å². The number of carbonyl (C=O) groups is 7. The van der Waals surface area contributed by atoms with Crippen LogP contribution in [0.1, 0.15) is 65.9 Å². The van der Waals surface area contributed by atoms with E-state index in [2.05, 4.69) is 26.6 Å². The number of aliphatic carboxylic acids is 2. The van der Waals surface area contributed by atoms with Gasteiger partial charge in [0.25, 0.3) is 0 Å². The summed E-state index contributed by atoms with van der Waals surface area (Å²) in [6.07, 6.45) is -1.33. The monoisotopic (exact) mass is 673 g/mol. The first kappa shape index (κ1) is 38.9. The molecule has 0 bridgehead atoms. The minimum atomic E-state index is -1.61. The molecule has 0 aliphatic rings. The highest BCUT2D eigenvalue weighted by molar-refractivity contribution is 6.01. The molecule has 7 N–H and O–H groups in total. The van der Waals surface area contributed by atoms with Crippen molar-refractivity contribution in [1.29, 1.82) is 0 Å². The van der Waals surface area contributed by atoms with Gasteiger partial charge in [-0.3, -0.25) is 33.6 Å². The number of hydrogen-bond acceptors (Lipinski definition) is 9. The largest absolute Gasteiger partial charge is 0.481 e. The van der Waals surface area contributed by atoms with Gasteiger partial charge in [-0.15, -0.1) is 0 Å². The second-order valence-electron chi connectivity index (χ2n) is 11.9. The van der Waals surface area contributed by atoms with E-state index in [9.17, 15) is 48.6 Å². The second kappa shape index (κ2) is 17.6. The third kappa shape index (κ3) is 11.5. The Morgan fingerprint density at radius 1 is 0.792 bits per heavy atom. The Kier molecular flexibility index (Phi) is 14.3. The molecular weight excluding hydrogens is 630 g/mol. The number of amides is 5. The number of carbonyl (C=O) groups excluding carboxylic acids is 5. The van der Waals surface area contributed by atoms with Crippen molar-refractivity contribution in [3.05, 3.63) is 40.2 Å². The normalized spacial score (nSPS) is 14.1. The van der Waals surface area contributed by atoms with Crippen molar-refractivity contribution in [3.63, 3.8) is 0 Å². The zero-order chi connectivity index (χ0) is 36.3. The van der Waals surface area contributed by atoms with Crippen molar-refractivity contribution in [3.8, 4) is 0 Å². The summed E-state index contributed by atoms with van der Waals surface area (Å²) in [6.45, 7) is 9.60. The minimum Gasteiger partial charge on any atom is -0.481 e. The Balaban J connectivity index is 2.31. The fourth-order valence-corrected chi connectivity index (χ4v) is 4.79. The molecule has 262 valence electrons. The Morgan fingerprint density at radius 2 is 1.42 bits per heavy atom. The molecule has 0 saturated carbocycles. The van der Waals surface area contributed by atoms with Crippen LogP contribution in [-0.2, 0) is 33.6 Å². The fourth-order valence-electron chi connectivity index (χ4n) is 4.79. The summed E-state index contributed by atoms with van der Waals surface area (Å²) in [4.78, 5) is 99.6. The third-order valence-electron chi connectivity index (χ3n) is 7.61. The minimum absolute atomic E-state index is 0.161. The summed E-state index contributed by atoms with van der Waals surface area (Å²) in [6, 6.07) is 0.410. The number of nitrogens with one attached hydrogen (secondary N) is 5. The maximum absolute atomic E-state index is 13.5. The summed E-state index contributed by atoms with van der Waals surface area (Å²) in [5.74, 6) is -7.54. The quantitative estimate of drug-likeness (QED) is 0.117. The van der Waals surface area contributed by atoms with Crippen LogP contribution in [0.25, 0.3) is 11.0 Å². The van der Waals surface area contributed by atoms with Gasteiger partial charge in [0, 0.05) is 36.6 Å². The van der Waals surface area contributed by atoms with Gasteiger partial charge in [0.2, 0.25) is 29.5 Å². The molecule has 2 aromatic rings. The zero-order valence-electron chi connectivity index (χ0n) is 27.7. The van der Waals surface area contributed by atoms with Gasteiger partial charge < -0.3 is 41.2 Å². The van der Waals surface area contributed by atoms with E-state index >= 15 is 0 Å². The first-order chi connectivity index (χ1) is 22.4. The number of benzene rings is 1. The lowest BCUT2D eigenvalue weighted by atomic mass is 9.96. The molecule has 16 heteroatoms. The number of carboxylic acid groups (broad SMARTS) is 2. The van der Waals surface area contributed by atoms with Crippen molar-refractivity contribution in [2.75, 3.05) is 5.32 Å². The Bertz CT molecular complexity index is 1600. The van der Waals surface area contributed by atoms with Crippen LogP contribution < -0.4 is 32.2 Å². The standard InChI is InChI=1S/C32H43N5O11/c1-7-16(4)28(37-29(44)21(10-11-24(39)40)35-31(46)27(15(2)3)33-18(6)38)32(47)36-22(14-25(41)42)30(45)34-19-8-9-20-17(5)12-26(43)48-23(20)13-19/h8-9,12-13,15-16,21-22,27-28H,7,10-11,14H2,1-6H3,(H,33,38)(H,34,45)(H,35,46)(H,36,47)(H,37,44)(H,39,40)(H,41,42)/t16-,21-,22-,27+,28-/m0/s1. The maximum Gasteiger partial charge on any atom is 0.336 e. The van der Waals surface area contributed by atoms with Crippen molar-refractivity contribution < 1.29 is 48.2 Å². The van der Waals surface area contributed by atoms with Gasteiger partial charge in [0.05, 0.1) is 6.42 Å². The first-order valence-electron chi connectivity index (χ1n) is 15.4. The molecule has 0 aliphatic heterocycles. The summed E-state index contributed by atoms with van der Waals surface area (Å²) < 4.78 is 5.19. The molecule has 0 aliphatic carbocycles. The van der Waals surface area contributed by atoms with E-state index < -0.39 is 90.0 Å². The van der Waals surface area contributed by atoms with Gasteiger partial charge in [-0.05, 0) is 42.9 Å². The van der Waals surface area contributed by atoms with Crippen LogP contribution in [0, 0.1) is 18.8 Å². The molecule has 0 fully saturated rings. The van der Waals surface area contributed by atoms with Crippen molar-refractivity contribution in [1.82, 2.24) is 21.3 Å². The van der Waals surface area contributed by atoms with Gasteiger partial charge in [-0.1, -0.05) is 34.1 Å². The number of fused-ring (bicyclic) bond motifs is 1. The average Bonchev–Trinajstić information content (AvgIpc) is 2.98. The van der Waals surface area contributed by atoms with E-state index in [1.165, 1.54) is 25.1 Å². The number of hydrogen-bond donors (Lipinski definition) is 7. The molecule has 0 spiro atoms. The molecule has 1 heterocycles. The van der Waals surface area contributed by atoms with E-state index in [1.54, 1.807) is 40.7 Å². The Morgan fingerprint density at radius 3 is 1.98 bits per heavy atom. The van der Waals surface area contributed by atoms with Crippen molar-refractivity contribution in [2.24, 2.45) is 11.8 Å². The second-order valence-corrected chi connectivity index (χ2v) is 11.9. The van der Waals surface area contributed by atoms with E-state index in [0.717, 1.165) is 0 Å². The van der Waals surface area contributed by atoms with Crippen LogP contribution in [-0.4, -0.2) is 75.9 Å². The van der Waals surface area contributed by atoms with E-state index in [-0.39, 0.29) is 23.6 Å². The molecule has 16 nitrogen and oxygen atoms in total. The highest BCUT2D eigenvalue weighted by atomic mass is 16.4. The van der Waals surface area contributed by atoms with Crippen LogP contribution in [0.3, 0.4) is 0 Å². The highest BCUT2D eigenvalue weighted by Gasteiger charge is 2.34. The summed E-state index contributed by atoms with van der Waals surface area (Å²) in [7, 11) is 0. The van der Waals surface area contributed by atoms with Crippen LogP contribution in [0.4, 0.5) is 5.69 Å². The summed E-state index contributed by atoms with van der Waals surface area (Å²) >= 11 is 0. The lowest BCUT2D eigenvalue weighted by Gasteiger charge is -2.29. The number of anilines is 1. The smallest absolute Gasteiger partial charge is 0.336 e. The van der Waals surface area contributed by atoms with Gasteiger partial charge in [-0.25, -0.2) is 4.79 Å². The SMILES string of the molecule is CC[C@H](C)[C@H](NC(=O)[C@H](CCC(=O)O)NC(=O)[C@H](NC(C)=O)C(C)C)C(=O)N[C@@H](CC(=O)O)C(=O)Nc1ccc2c(C)cc(=O)oc2c1. The predicted octanol–water partition coefficient (Wildman–Crippen LogP) is 1.04. The maximum atomic E-state index is 13.5. The van der Waals surface area contributed by atoms with Crippen LogP contribution in [0.15, 0.2) is 33.5 Å². The van der Waals surface area contributed by atoms with Gasteiger partial charge >= 0.3 is 17.6 Å². The zero-order valence-corrected chi connectivity index (χ0v) is 27.7. The van der Waals surface area contributed by atoms with E-state index in [4.69, 9.17) is 4.42 Å². The summed E-state index contributed by atoms with van der Waals surface area (Å²) in [5.41, 5.74) is 0.381. The number of rotatable bonds is 17. The number of carboxylic acids is 2. The Labute approximate surface area is 276 Å². The van der Waals surface area contributed by atoms with Crippen molar-refractivity contribution in [2.45, 2.75) is 91.4 Å². The Hall–Kier alpha value is -5.28. The van der Waals surface area contributed by atoms with Crippen LogP contribution in [0.2, 0.25) is 0 Å². The molecule has 0 unspecified atom stereocenters. The predicted molar refractivity (Wildman–Crippen MR) is 173 cm³/mol. The molecular formula is C32H43N5O11. The van der Waals surface area contributed by atoms with Gasteiger partial charge in [0.1, 0.15) is 29.8 Å². The molecule has 5 atom stereocenters. The van der Waals surface area contributed by atoms with E-state index in [1.807, 2.05) is 0 Å². The third-order valence-corrected chi connectivity index (χ3v) is 7.61. The first-order valence-corrected chi connectivity index (χ1v) is 15.4. The molecule has 0 radical (unpaired) electrons. The molecule has 1 aromatic heterocycles. The highest BCUT2D eigenvalue weighted by Crippen LogP contribution is 2.21. The molecule has 5 amide bonds. The van der Waals surface area contributed by atoms with Crippen LogP contribution in [0.5, 0.6) is 0 Å². The molecule has 48 heavy (non-hydrogen) atoms. The molecule has 0 saturated heterocycles. The fraction of sp³-hybridized carbons (Fsp3) is 0.500.